The molecule has 112 valence electrons. The molecule has 0 bridgehead atoms. The third kappa shape index (κ3) is 5.11. The molecule has 0 heterocycles. The van der Waals surface area contributed by atoms with E-state index in [1.165, 1.54) is 12.1 Å². The van der Waals surface area contributed by atoms with Crippen LogP contribution >= 0.6 is 11.8 Å². The van der Waals surface area contributed by atoms with Crippen molar-refractivity contribution in [2.24, 2.45) is 0 Å². The highest BCUT2D eigenvalue weighted by Gasteiger charge is 2.17. The van der Waals surface area contributed by atoms with E-state index in [-0.39, 0.29) is 5.69 Å². The van der Waals surface area contributed by atoms with E-state index in [1.54, 1.807) is 12.1 Å². The van der Waals surface area contributed by atoms with Crippen molar-refractivity contribution in [2.45, 2.75) is 26.0 Å². The first kappa shape index (κ1) is 16.9. The smallest absolute Gasteiger partial charge is 0.269 e. The zero-order valence-corrected chi connectivity index (χ0v) is 13.0. The Morgan fingerprint density at radius 1 is 1.50 bits per heavy atom. The fourth-order valence-electron chi connectivity index (χ4n) is 1.82. The average molecular weight is 298 g/mol. The Balaban J connectivity index is 2.63. The molecule has 0 aliphatic rings. The number of likely N-dealkylation sites (N-methyl/N-ethyl adjacent to an activating group) is 1. The number of hydrogen-bond donors (Lipinski definition) is 1. The summed E-state index contributed by atoms with van der Waals surface area (Å²) in [4.78, 5) is 12.4. The van der Waals surface area contributed by atoms with Gasteiger partial charge in [-0.3, -0.25) is 15.0 Å². The van der Waals surface area contributed by atoms with E-state index in [9.17, 15) is 15.2 Å². The van der Waals surface area contributed by atoms with Crippen LogP contribution in [0, 0.1) is 10.1 Å². The standard InChI is InChI=1S/C14H22N2O3S/c1-4-20-10-11(2)15(3)9-14(17)12-6-5-7-13(8-12)16(18)19/h5-8,11,14,17H,4,9-10H2,1-3H3. The van der Waals surface area contributed by atoms with E-state index in [0.29, 0.717) is 18.2 Å². The molecule has 5 nitrogen and oxygen atoms in total. The largest absolute Gasteiger partial charge is 0.387 e. The van der Waals surface area contributed by atoms with Crippen molar-refractivity contribution in [3.63, 3.8) is 0 Å². The molecule has 20 heavy (non-hydrogen) atoms. The molecular weight excluding hydrogens is 276 g/mol. The van der Waals surface area contributed by atoms with Crippen LogP contribution in [0.15, 0.2) is 24.3 Å². The maximum Gasteiger partial charge on any atom is 0.269 e. The highest BCUT2D eigenvalue weighted by molar-refractivity contribution is 7.99. The lowest BCUT2D eigenvalue weighted by Crippen LogP contribution is -2.34. The van der Waals surface area contributed by atoms with Crippen molar-refractivity contribution in [1.82, 2.24) is 4.90 Å². The normalized spacial score (nSPS) is 14.2. The van der Waals surface area contributed by atoms with Gasteiger partial charge in [-0.2, -0.15) is 11.8 Å². The predicted molar refractivity (Wildman–Crippen MR) is 83.1 cm³/mol. The Morgan fingerprint density at radius 2 is 2.20 bits per heavy atom. The molecule has 6 heteroatoms. The molecule has 0 aromatic heterocycles. The van der Waals surface area contributed by atoms with Gasteiger partial charge in [0.1, 0.15) is 0 Å². The van der Waals surface area contributed by atoms with Gasteiger partial charge in [0.05, 0.1) is 11.0 Å². The molecule has 0 radical (unpaired) electrons. The summed E-state index contributed by atoms with van der Waals surface area (Å²) in [6, 6.07) is 6.54. The molecule has 2 atom stereocenters. The van der Waals surface area contributed by atoms with Gasteiger partial charge in [0, 0.05) is 30.5 Å². The molecule has 0 spiro atoms. The van der Waals surface area contributed by atoms with Crippen LogP contribution in [0.4, 0.5) is 5.69 Å². The number of nitro benzene ring substituents is 1. The maximum absolute atomic E-state index is 10.7. The first-order valence-corrected chi connectivity index (χ1v) is 7.81. The number of nitrogens with zero attached hydrogens (tertiary/aromatic N) is 2. The van der Waals surface area contributed by atoms with Gasteiger partial charge in [0.15, 0.2) is 0 Å². The van der Waals surface area contributed by atoms with Gasteiger partial charge in [0.25, 0.3) is 5.69 Å². The number of aliphatic hydroxyl groups is 1. The van der Waals surface area contributed by atoms with Crippen LogP contribution in [-0.2, 0) is 0 Å². The van der Waals surface area contributed by atoms with E-state index in [2.05, 4.69) is 18.7 Å². The SMILES string of the molecule is CCSCC(C)N(C)CC(O)c1cccc([N+](=O)[O-])c1. The number of nitro groups is 1. The Morgan fingerprint density at radius 3 is 2.80 bits per heavy atom. The summed E-state index contributed by atoms with van der Waals surface area (Å²) in [6.45, 7) is 4.70. The number of thioether (sulfide) groups is 1. The average Bonchev–Trinajstić information content (AvgIpc) is 2.44. The number of benzene rings is 1. The second kappa shape index (κ2) is 8.24. The minimum absolute atomic E-state index is 0.0128. The van der Waals surface area contributed by atoms with E-state index < -0.39 is 11.0 Å². The van der Waals surface area contributed by atoms with E-state index in [4.69, 9.17) is 0 Å². The zero-order chi connectivity index (χ0) is 15.1. The van der Waals surface area contributed by atoms with Crippen molar-refractivity contribution >= 4 is 17.4 Å². The van der Waals surface area contributed by atoms with Crippen LogP contribution in [-0.4, -0.2) is 46.1 Å². The van der Waals surface area contributed by atoms with Gasteiger partial charge in [0.2, 0.25) is 0 Å². The number of rotatable bonds is 8. The van der Waals surface area contributed by atoms with Crippen LogP contribution in [0.1, 0.15) is 25.5 Å². The Labute approximate surface area is 124 Å². The molecule has 1 rings (SSSR count). The van der Waals surface area contributed by atoms with E-state index in [0.717, 1.165) is 11.5 Å². The molecule has 2 unspecified atom stereocenters. The maximum atomic E-state index is 10.7. The summed E-state index contributed by atoms with van der Waals surface area (Å²) in [5, 5.41) is 20.9. The van der Waals surface area contributed by atoms with Gasteiger partial charge in [-0.25, -0.2) is 0 Å². The summed E-state index contributed by atoms with van der Waals surface area (Å²) in [6.07, 6.45) is -0.714. The molecule has 1 aromatic carbocycles. The van der Waals surface area contributed by atoms with Crippen molar-refractivity contribution < 1.29 is 10.0 Å². The number of non-ortho nitro benzene ring substituents is 1. The third-order valence-corrected chi connectivity index (χ3v) is 4.37. The summed E-state index contributed by atoms with van der Waals surface area (Å²) >= 11 is 1.86. The van der Waals surface area contributed by atoms with Crippen LogP contribution < -0.4 is 0 Å². The first-order valence-electron chi connectivity index (χ1n) is 6.66. The van der Waals surface area contributed by atoms with Crippen LogP contribution in [0.5, 0.6) is 0 Å². The summed E-state index contributed by atoms with van der Waals surface area (Å²) in [7, 11) is 1.96. The van der Waals surface area contributed by atoms with Crippen molar-refractivity contribution in [3.05, 3.63) is 39.9 Å². The highest BCUT2D eigenvalue weighted by Crippen LogP contribution is 2.20. The summed E-state index contributed by atoms with van der Waals surface area (Å²) < 4.78 is 0. The molecule has 0 aliphatic carbocycles. The van der Waals surface area contributed by atoms with Crippen LogP contribution in [0.25, 0.3) is 0 Å². The van der Waals surface area contributed by atoms with E-state index in [1.807, 2.05) is 18.8 Å². The van der Waals surface area contributed by atoms with Crippen LogP contribution in [0.3, 0.4) is 0 Å². The first-order chi connectivity index (χ1) is 9.45. The molecule has 1 aromatic rings. The summed E-state index contributed by atoms with van der Waals surface area (Å²) in [5.41, 5.74) is 0.597. The second-order valence-electron chi connectivity index (χ2n) is 4.82. The lowest BCUT2D eigenvalue weighted by Gasteiger charge is -2.26. The van der Waals surface area contributed by atoms with Crippen molar-refractivity contribution in [3.8, 4) is 0 Å². The van der Waals surface area contributed by atoms with Gasteiger partial charge in [-0.1, -0.05) is 19.1 Å². The molecular formula is C14H22N2O3S. The van der Waals surface area contributed by atoms with Gasteiger partial charge >= 0.3 is 0 Å². The van der Waals surface area contributed by atoms with Crippen molar-refractivity contribution in [2.75, 3.05) is 25.1 Å². The molecule has 0 saturated heterocycles. The van der Waals surface area contributed by atoms with Crippen LogP contribution in [0.2, 0.25) is 0 Å². The number of hydrogen-bond acceptors (Lipinski definition) is 5. The lowest BCUT2D eigenvalue weighted by molar-refractivity contribution is -0.385. The minimum Gasteiger partial charge on any atom is -0.387 e. The molecule has 0 amide bonds. The molecule has 0 aliphatic heterocycles. The fourth-order valence-corrected chi connectivity index (χ4v) is 2.65. The quantitative estimate of drug-likeness (QED) is 0.590. The lowest BCUT2D eigenvalue weighted by atomic mass is 10.1. The Hall–Kier alpha value is -1.11. The predicted octanol–water partition coefficient (Wildman–Crippen LogP) is 2.70. The molecule has 0 saturated carbocycles. The van der Waals surface area contributed by atoms with Gasteiger partial charge < -0.3 is 5.11 Å². The van der Waals surface area contributed by atoms with Gasteiger partial charge in [-0.15, -0.1) is 0 Å². The third-order valence-electron chi connectivity index (χ3n) is 3.24. The fraction of sp³-hybridized carbons (Fsp3) is 0.571. The van der Waals surface area contributed by atoms with Crippen molar-refractivity contribution in [1.29, 1.82) is 0 Å². The van der Waals surface area contributed by atoms with E-state index >= 15 is 0 Å². The second-order valence-corrected chi connectivity index (χ2v) is 6.13. The van der Waals surface area contributed by atoms with Gasteiger partial charge in [-0.05, 0) is 25.3 Å². The highest BCUT2D eigenvalue weighted by atomic mass is 32.2. The zero-order valence-electron chi connectivity index (χ0n) is 12.2. The monoisotopic (exact) mass is 298 g/mol. The molecule has 0 fully saturated rings. The Kier molecular flexibility index (Phi) is 6.98. The summed E-state index contributed by atoms with van der Waals surface area (Å²) in [5.74, 6) is 2.08. The topological polar surface area (TPSA) is 66.6 Å². The Bertz CT molecular complexity index is 442. The number of aliphatic hydroxyl groups excluding tert-OH is 1. The minimum atomic E-state index is -0.714. The molecule has 1 N–H and O–H groups in total.